The highest BCUT2D eigenvalue weighted by Crippen LogP contribution is 2.16. The van der Waals surface area contributed by atoms with E-state index in [9.17, 15) is 0 Å². The third-order valence-electron chi connectivity index (χ3n) is 1.79. The minimum absolute atomic E-state index is 0.0547. The second kappa shape index (κ2) is 4.50. The molecule has 0 radical (unpaired) electrons. The lowest BCUT2D eigenvalue weighted by Gasteiger charge is -2.10. The fourth-order valence-electron chi connectivity index (χ4n) is 0.978. The molecular weight excluding hydrogens is 168 g/mol. The molecule has 0 aliphatic heterocycles. The van der Waals surface area contributed by atoms with Gasteiger partial charge in [0.05, 0.1) is 6.17 Å². The highest BCUT2D eigenvalue weighted by molar-refractivity contribution is 7.98. The Hall–Kier alpha value is -0.510. The Morgan fingerprint density at radius 3 is 2.33 bits per heavy atom. The SMILES string of the molecule is CNC(N)c1ccc(SC)cc1. The first-order valence-electron chi connectivity index (χ1n) is 3.84. The number of thioether (sulfide) groups is 1. The zero-order chi connectivity index (χ0) is 8.97. The van der Waals surface area contributed by atoms with Gasteiger partial charge < -0.3 is 11.1 Å². The molecule has 0 spiro atoms. The minimum Gasteiger partial charge on any atom is -0.312 e. The molecule has 0 aliphatic carbocycles. The van der Waals surface area contributed by atoms with E-state index in [-0.39, 0.29) is 6.17 Å². The Morgan fingerprint density at radius 2 is 1.92 bits per heavy atom. The van der Waals surface area contributed by atoms with E-state index in [1.54, 1.807) is 11.8 Å². The molecular formula is C9H14N2S. The van der Waals surface area contributed by atoms with Crippen LogP contribution < -0.4 is 11.1 Å². The van der Waals surface area contributed by atoms with Crippen LogP contribution >= 0.6 is 11.8 Å². The van der Waals surface area contributed by atoms with Gasteiger partial charge >= 0.3 is 0 Å². The van der Waals surface area contributed by atoms with Crippen molar-refractivity contribution >= 4 is 11.8 Å². The van der Waals surface area contributed by atoms with Crippen molar-refractivity contribution in [2.45, 2.75) is 11.1 Å². The summed E-state index contributed by atoms with van der Waals surface area (Å²) in [6, 6.07) is 8.26. The summed E-state index contributed by atoms with van der Waals surface area (Å²) in [6.45, 7) is 0. The van der Waals surface area contributed by atoms with Crippen LogP contribution in [0.2, 0.25) is 0 Å². The van der Waals surface area contributed by atoms with Crippen LogP contribution in [0.3, 0.4) is 0 Å². The third kappa shape index (κ3) is 2.24. The first-order chi connectivity index (χ1) is 5.77. The van der Waals surface area contributed by atoms with Gasteiger partial charge in [0.15, 0.2) is 0 Å². The van der Waals surface area contributed by atoms with Crippen molar-refractivity contribution in [1.82, 2.24) is 5.32 Å². The molecule has 3 N–H and O–H groups in total. The van der Waals surface area contributed by atoms with E-state index >= 15 is 0 Å². The molecule has 2 nitrogen and oxygen atoms in total. The number of nitrogens with one attached hydrogen (secondary N) is 1. The Bertz CT molecular complexity index is 233. The van der Waals surface area contributed by atoms with Crippen molar-refractivity contribution in [3.8, 4) is 0 Å². The summed E-state index contributed by atoms with van der Waals surface area (Å²) >= 11 is 1.74. The van der Waals surface area contributed by atoms with Gasteiger partial charge in [-0.15, -0.1) is 11.8 Å². The molecule has 0 saturated heterocycles. The van der Waals surface area contributed by atoms with E-state index in [0.717, 1.165) is 5.56 Å². The van der Waals surface area contributed by atoms with Crippen LogP contribution in [0.1, 0.15) is 11.7 Å². The smallest absolute Gasteiger partial charge is 0.0807 e. The largest absolute Gasteiger partial charge is 0.312 e. The van der Waals surface area contributed by atoms with E-state index in [1.807, 2.05) is 19.2 Å². The van der Waals surface area contributed by atoms with Crippen molar-refractivity contribution in [3.05, 3.63) is 29.8 Å². The maximum Gasteiger partial charge on any atom is 0.0807 e. The molecule has 12 heavy (non-hydrogen) atoms. The zero-order valence-corrected chi connectivity index (χ0v) is 8.19. The molecule has 0 aromatic heterocycles. The van der Waals surface area contributed by atoms with Gasteiger partial charge in [0, 0.05) is 4.90 Å². The first-order valence-corrected chi connectivity index (χ1v) is 5.07. The van der Waals surface area contributed by atoms with Crippen LogP contribution in [0.4, 0.5) is 0 Å². The monoisotopic (exact) mass is 182 g/mol. The van der Waals surface area contributed by atoms with Gasteiger partial charge in [-0.1, -0.05) is 12.1 Å². The summed E-state index contributed by atoms with van der Waals surface area (Å²) in [5, 5.41) is 2.99. The summed E-state index contributed by atoms with van der Waals surface area (Å²) < 4.78 is 0. The molecule has 1 aromatic rings. The Morgan fingerprint density at radius 1 is 1.33 bits per heavy atom. The second-order valence-corrected chi connectivity index (χ2v) is 3.42. The molecule has 0 aliphatic rings. The molecule has 1 unspecified atom stereocenters. The summed E-state index contributed by atoms with van der Waals surface area (Å²) in [4.78, 5) is 1.27. The highest BCUT2D eigenvalue weighted by atomic mass is 32.2. The molecule has 0 fully saturated rings. The Balaban J connectivity index is 2.77. The molecule has 66 valence electrons. The van der Waals surface area contributed by atoms with Crippen LogP contribution in [-0.2, 0) is 0 Å². The highest BCUT2D eigenvalue weighted by Gasteiger charge is 2.00. The van der Waals surface area contributed by atoms with E-state index in [4.69, 9.17) is 5.73 Å². The summed E-state index contributed by atoms with van der Waals surface area (Å²) in [7, 11) is 1.85. The van der Waals surface area contributed by atoms with Crippen molar-refractivity contribution < 1.29 is 0 Å². The molecule has 1 rings (SSSR count). The quantitative estimate of drug-likeness (QED) is 0.550. The fraction of sp³-hybridized carbons (Fsp3) is 0.333. The van der Waals surface area contributed by atoms with Crippen LogP contribution in [0.5, 0.6) is 0 Å². The van der Waals surface area contributed by atoms with Gasteiger partial charge in [0.2, 0.25) is 0 Å². The number of nitrogens with two attached hydrogens (primary N) is 1. The Labute approximate surface area is 77.5 Å². The van der Waals surface area contributed by atoms with Crippen LogP contribution in [0, 0.1) is 0 Å². The summed E-state index contributed by atoms with van der Waals surface area (Å²) in [6.07, 6.45) is 2.01. The van der Waals surface area contributed by atoms with Gasteiger partial charge in [-0.2, -0.15) is 0 Å². The molecule has 3 heteroatoms. The van der Waals surface area contributed by atoms with E-state index < -0.39 is 0 Å². The normalized spacial score (nSPS) is 12.9. The molecule has 1 aromatic carbocycles. The first kappa shape index (κ1) is 9.58. The van der Waals surface area contributed by atoms with Crippen LogP contribution in [0.15, 0.2) is 29.2 Å². The van der Waals surface area contributed by atoms with E-state index in [0.29, 0.717) is 0 Å². The molecule has 0 heterocycles. The lowest BCUT2D eigenvalue weighted by atomic mass is 10.2. The molecule has 0 saturated carbocycles. The number of rotatable bonds is 3. The van der Waals surface area contributed by atoms with Crippen molar-refractivity contribution in [2.24, 2.45) is 5.73 Å². The molecule has 0 bridgehead atoms. The van der Waals surface area contributed by atoms with Gasteiger partial charge in [0.1, 0.15) is 0 Å². The van der Waals surface area contributed by atoms with Crippen LogP contribution in [0.25, 0.3) is 0 Å². The lowest BCUT2D eigenvalue weighted by molar-refractivity contribution is 0.622. The summed E-state index contributed by atoms with van der Waals surface area (Å²) in [5.41, 5.74) is 6.89. The van der Waals surface area contributed by atoms with Crippen LogP contribution in [-0.4, -0.2) is 13.3 Å². The van der Waals surface area contributed by atoms with E-state index in [1.165, 1.54) is 4.90 Å². The average Bonchev–Trinajstić information content (AvgIpc) is 2.17. The predicted octanol–water partition coefficient (Wildman–Crippen LogP) is 1.59. The number of hydrogen-bond acceptors (Lipinski definition) is 3. The molecule has 0 amide bonds. The standard InChI is InChI=1S/C9H14N2S/c1-11-9(10)7-3-5-8(12-2)6-4-7/h3-6,9,11H,10H2,1-2H3. The minimum atomic E-state index is -0.0547. The van der Waals surface area contributed by atoms with Gasteiger partial charge in [0.25, 0.3) is 0 Å². The third-order valence-corrected chi connectivity index (χ3v) is 2.53. The number of hydrogen-bond donors (Lipinski definition) is 2. The van der Waals surface area contributed by atoms with Crippen molar-refractivity contribution in [2.75, 3.05) is 13.3 Å². The predicted molar refractivity (Wildman–Crippen MR) is 54.2 cm³/mol. The maximum atomic E-state index is 5.77. The lowest BCUT2D eigenvalue weighted by Crippen LogP contribution is -2.24. The average molecular weight is 182 g/mol. The van der Waals surface area contributed by atoms with Gasteiger partial charge in [-0.3, -0.25) is 0 Å². The topological polar surface area (TPSA) is 38.0 Å². The van der Waals surface area contributed by atoms with Gasteiger partial charge in [-0.25, -0.2) is 0 Å². The van der Waals surface area contributed by atoms with Gasteiger partial charge in [-0.05, 0) is 31.0 Å². The fourth-order valence-corrected chi connectivity index (χ4v) is 1.39. The zero-order valence-electron chi connectivity index (χ0n) is 7.37. The Kier molecular flexibility index (Phi) is 3.59. The summed E-state index contributed by atoms with van der Waals surface area (Å²) in [5.74, 6) is 0. The second-order valence-electron chi connectivity index (χ2n) is 2.54. The molecule has 1 atom stereocenters. The maximum absolute atomic E-state index is 5.77. The number of benzene rings is 1. The van der Waals surface area contributed by atoms with Crippen molar-refractivity contribution in [1.29, 1.82) is 0 Å². The van der Waals surface area contributed by atoms with Crippen molar-refractivity contribution in [3.63, 3.8) is 0 Å². The van der Waals surface area contributed by atoms with E-state index in [2.05, 4.69) is 23.7 Å².